The predicted molar refractivity (Wildman–Crippen MR) is 103 cm³/mol. The van der Waals surface area contributed by atoms with Crippen LogP contribution in [0.25, 0.3) is 0 Å². The monoisotopic (exact) mass is 410 g/mol. The molecule has 1 fully saturated rings. The van der Waals surface area contributed by atoms with E-state index < -0.39 is 42.7 Å². The van der Waals surface area contributed by atoms with E-state index in [4.69, 9.17) is 9.47 Å². The first-order valence-electron chi connectivity index (χ1n) is 9.84. The highest BCUT2D eigenvalue weighted by molar-refractivity contribution is 6.06. The summed E-state index contributed by atoms with van der Waals surface area (Å²) in [6.07, 6.45) is -5.88. The quantitative estimate of drug-likeness (QED) is 0.419. The number of aliphatic hydroxyl groups is 5. The molecule has 1 aliphatic heterocycles. The highest BCUT2D eigenvalue weighted by Gasteiger charge is 2.47. The van der Waals surface area contributed by atoms with Crippen LogP contribution in [-0.2, 0) is 22.3 Å². The first kappa shape index (κ1) is 22.3. The number of carbonyl (C=O) groups excluding carboxylic acids is 1. The van der Waals surface area contributed by atoms with E-state index in [2.05, 4.69) is 0 Å². The zero-order valence-electron chi connectivity index (χ0n) is 17.0. The molecular weight excluding hydrogens is 380 g/mol. The minimum absolute atomic E-state index is 0.00610. The second kappa shape index (κ2) is 8.39. The lowest BCUT2D eigenvalue weighted by atomic mass is 9.86. The Morgan fingerprint density at radius 1 is 1.17 bits per heavy atom. The van der Waals surface area contributed by atoms with E-state index in [-0.39, 0.29) is 19.0 Å². The molecule has 1 saturated heterocycles. The Kier molecular flexibility index (Phi) is 6.45. The van der Waals surface area contributed by atoms with Gasteiger partial charge in [-0.2, -0.15) is 0 Å². The fraction of sp³-hybridized carbons (Fsp3) is 0.667. The molecule has 0 saturated carbocycles. The number of ketones is 1. The zero-order chi connectivity index (χ0) is 21.5. The highest BCUT2D eigenvalue weighted by Crippen LogP contribution is 2.41. The molecule has 1 aromatic rings. The molecule has 8 nitrogen and oxygen atoms in total. The third-order valence-corrected chi connectivity index (χ3v) is 6.15. The van der Waals surface area contributed by atoms with Gasteiger partial charge in [0.15, 0.2) is 12.1 Å². The lowest BCUT2D eigenvalue weighted by Crippen LogP contribution is -2.59. The van der Waals surface area contributed by atoms with Crippen LogP contribution in [0.4, 0.5) is 0 Å². The van der Waals surface area contributed by atoms with Gasteiger partial charge in [-0.3, -0.25) is 4.79 Å². The lowest BCUT2D eigenvalue weighted by molar-refractivity contribution is -0.304. The smallest absolute Gasteiger partial charge is 0.186 e. The van der Waals surface area contributed by atoms with Crippen LogP contribution in [0.5, 0.6) is 0 Å². The average molecular weight is 410 g/mol. The van der Waals surface area contributed by atoms with E-state index in [0.717, 1.165) is 22.3 Å². The molecule has 0 spiro atoms. The van der Waals surface area contributed by atoms with Crippen molar-refractivity contribution in [3.05, 3.63) is 33.9 Å². The molecule has 2 aliphatic rings. The Bertz CT molecular complexity index is 776. The average Bonchev–Trinajstić information content (AvgIpc) is 2.93. The fourth-order valence-corrected chi connectivity index (χ4v) is 4.45. The number of Topliss-reactive ketones (excluding diaryl/α,β-unsaturated/α-hetero) is 1. The first-order valence-corrected chi connectivity index (χ1v) is 9.84. The first-order chi connectivity index (χ1) is 13.6. The lowest BCUT2D eigenvalue weighted by Gasteiger charge is -2.40. The Labute approximate surface area is 169 Å². The molecule has 3 rings (SSSR count). The van der Waals surface area contributed by atoms with Crippen LogP contribution in [0.3, 0.4) is 0 Å². The van der Waals surface area contributed by atoms with E-state index in [0.29, 0.717) is 18.4 Å². The summed E-state index contributed by atoms with van der Waals surface area (Å²) in [6.45, 7) is 5.03. The molecule has 1 heterocycles. The van der Waals surface area contributed by atoms with Crippen molar-refractivity contribution in [2.45, 2.75) is 64.3 Å². The third kappa shape index (κ3) is 3.86. The summed E-state index contributed by atoms with van der Waals surface area (Å²) in [5.74, 6) is -0.0752. The summed E-state index contributed by atoms with van der Waals surface area (Å²) < 4.78 is 11.0. The molecule has 6 atom stereocenters. The molecule has 5 N–H and O–H groups in total. The maximum absolute atomic E-state index is 13.2. The zero-order valence-corrected chi connectivity index (χ0v) is 17.0. The van der Waals surface area contributed by atoms with Gasteiger partial charge in [0.25, 0.3) is 0 Å². The summed E-state index contributed by atoms with van der Waals surface area (Å²) in [7, 11) is 0. The SMILES string of the molecule is Cc1cc2c(c(C)c1CCO)C(=O)[C@](C)(COC1O[C@H](CO)[C@@H](O)[C@H](O)[C@H]1O)C2. The number of carbonyl (C=O) groups is 1. The van der Waals surface area contributed by atoms with Crippen LogP contribution in [0, 0.1) is 19.3 Å². The maximum atomic E-state index is 13.2. The standard InChI is InChI=1S/C21H30O8/c1-10-6-12-7-21(3,19(27)15(12)11(2)13(10)4-5-22)9-28-20-18(26)17(25)16(24)14(8-23)29-20/h6,14,16-18,20,22-26H,4-5,7-9H2,1-3H3/t14-,16-,17+,18-,20?,21+/m1/s1. The molecule has 0 amide bonds. The second-order valence-corrected chi connectivity index (χ2v) is 8.38. The van der Waals surface area contributed by atoms with E-state index in [1.54, 1.807) is 6.92 Å². The van der Waals surface area contributed by atoms with Gasteiger partial charge in [0.1, 0.15) is 24.4 Å². The molecular formula is C21H30O8. The number of rotatable bonds is 6. The molecule has 8 heteroatoms. The summed E-state index contributed by atoms with van der Waals surface area (Å²) in [6, 6.07) is 1.98. The molecule has 29 heavy (non-hydrogen) atoms. The summed E-state index contributed by atoms with van der Waals surface area (Å²) >= 11 is 0. The van der Waals surface area contributed by atoms with Crippen LogP contribution in [0.1, 0.15) is 39.5 Å². The molecule has 0 bridgehead atoms. The topological polar surface area (TPSA) is 137 Å². The van der Waals surface area contributed by atoms with Crippen molar-refractivity contribution in [3.63, 3.8) is 0 Å². The van der Waals surface area contributed by atoms with Crippen LogP contribution < -0.4 is 0 Å². The van der Waals surface area contributed by atoms with E-state index in [1.165, 1.54) is 0 Å². The Hall–Kier alpha value is -1.39. The predicted octanol–water partition coefficient (Wildman–Crippen LogP) is -0.600. The summed E-state index contributed by atoms with van der Waals surface area (Å²) in [5.41, 5.74) is 3.57. The van der Waals surface area contributed by atoms with Crippen molar-refractivity contribution in [2.75, 3.05) is 19.8 Å². The molecule has 0 aromatic heterocycles. The molecule has 1 unspecified atom stereocenters. The Morgan fingerprint density at radius 2 is 1.86 bits per heavy atom. The molecule has 162 valence electrons. The Balaban J connectivity index is 1.78. The normalized spacial score (nSPS) is 34.5. The van der Waals surface area contributed by atoms with Gasteiger partial charge in [-0.15, -0.1) is 0 Å². The Morgan fingerprint density at radius 3 is 2.48 bits per heavy atom. The third-order valence-electron chi connectivity index (χ3n) is 6.15. The number of aliphatic hydroxyl groups excluding tert-OH is 5. The number of hydrogen-bond acceptors (Lipinski definition) is 8. The summed E-state index contributed by atoms with van der Waals surface area (Å²) in [4.78, 5) is 13.2. The second-order valence-electron chi connectivity index (χ2n) is 8.38. The van der Waals surface area contributed by atoms with Crippen molar-refractivity contribution in [2.24, 2.45) is 5.41 Å². The van der Waals surface area contributed by atoms with Gasteiger partial charge in [-0.1, -0.05) is 6.07 Å². The van der Waals surface area contributed by atoms with Crippen molar-refractivity contribution in [3.8, 4) is 0 Å². The van der Waals surface area contributed by atoms with Gasteiger partial charge in [-0.05, 0) is 55.9 Å². The van der Waals surface area contributed by atoms with E-state index >= 15 is 0 Å². The van der Waals surface area contributed by atoms with Crippen LogP contribution >= 0.6 is 0 Å². The van der Waals surface area contributed by atoms with E-state index in [1.807, 2.05) is 19.9 Å². The number of fused-ring (bicyclic) bond motifs is 1. The van der Waals surface area contributed by atoms with Crippen LogP contribution in [-0.4, -0.2) is 81.8 Å². The minimum Gasteiger partial charge on any atom is -0.396 e. The van der Waals surface area contributed by atoms with Crippen LogP contribution in [0.2, 0.25) is 0 Å². The molecule has 1 aliphatic carbocycles. The van der Waals surface area contributed by atoms with Gasteiger partial charge in [-0.25, -0.2) is 0 Å². The van der Waals surface area contributed by atoms with Crippen LogP contribution in [0.15, 0.2) is 6.07 Å². The van der Waals surface area contributed by atoms with E-state index in [9.17, 15) is 30.3 Å². The van der Waals surface area contributed by atoms with Crippen molar-refractivity contribution < 1.29 is 39.8 Å². The van der Waals surface area contributed by atoms with Gasteiger partial charge in [0.2, 0.25) is 0 Å². The summed E-state index contributed by atoms with van der Waals surface area (Å²) in [5, 5.41) is 48.5. The fourth-order valence-electron chi connectivity index (χ4n) is 4.45. The van der Waals surface area contributed by atoms with Crippen molar-refractivity contribution in [1.29, 1.82) is 0 Å². The largest absolute Gasteiger partial charge is 0.396 e. The highest BCUT2D eigenvalue weighted by atomic mass is 16.7. The van der Waals surface area contributed by atoms with Gasteiger partial charge in [0, 0.05) is 12.2 Å². The molecule has 1 aromatic carbocycles. The number of aryl methyl sites for hydroxylation is 1. The maximum Gasteiger partial charge on any atom is 0.186 e. The molecule has 0 radical (unpaired) electrons. The van der Waals surface area contributed by atoms with Gasteiger partial charge in [0.05, 0.1) is 18.6 Å². The number of benzene rings is 1. The van der Waals surface area contributed by atoms with Gasteiger partial charge < -0.3 is 35.0 Å². The van der Waals surface area contributed by atoms with Gasteiger partial charge >= 0.3 is 0 Å². The van der Waals surface area contributed by atoms with Crippen molar-refractivity contribution >= 4 is 5.78 Å². The minimum atomic E-state index is -1.53. The number of ether oxygens (including phenoxy) is 2. The number of hydrogen-bond donors (Lipinski definition) is 5. The van der Waals surface area contributed by atoms with Crippen molar-refractivity contribution in [1.82, 2.24) is 0 Å².